The van der Waals surface area contributed by atoms with Gasteiger partial charge < -0.3 is 15.4 Å². The summed E-state index contributed by atoms with van der Waals surface area (Å²) >= 11 is 1.91. The first-order valence-electron chi connectivity index (χ1n) is 7.44. The minimum absolute atomic E-state index is 0. The number of thioether (sulfide) groups is 1. The number of rotatable bonds is 12. The van der Waals surface area contributed by atoms with E-state index in [0.717, 1.165) is 51.6 Å². The van der Waals surface area contributed by atoms with Gasteiger partial charge in [-0.15, -0.1) is 24.0 Å². The number of nitrogens with zero attached hydrogens (tertiary/aromatic N) is 1. The molecule has 0 amide bonds. The van der Waals surface area contributed by atoms with Crippen molar-refractivity contribution in [3.05, 3.63) is 0 Å². The van der Waals surface area contributed by atoms with Gasteiger partial charge in [-0.1, -0.05) is 0 Å². The molecule has 0 fully saturated rings. The molecule has 4 nitrogen and oxygen atoms in total. The molecule has 0 unspecified atom stereocenters. The molecule has 122 valence electrons. The molecule has 0 bridgehead atoms. The maximum atomic E-state index is 5.31. The lowest BCUT2D eigenvalue weighted by atomic mass is 10.3. The predicted octanol–water partition coefficient (Wildman–Crippen LogP) is 3.12. The SMILES string of the molecule is CCNC(=NCCCCOCC)NCCCCSC.I. The van der Waals surface area contributed by atoms with Crippen LogP contribution in [0.1, 0.15) is 39.5 Å². The van der Waals surface area contributed by atoms with Crippen LogP contribution in [0.5, 0.6) is 0 Å². The van der Waals surface area contributed by atoms with Gasteiger partial charge in [-0.3, -0.25) is 4.99 Å². The van der Waals surface area contributed by atoms with Crippen molar-refractivity contribution < 1.29 is 4.74 Å². The topological polar surface area (TPSA) is 45.7 Å². The van der Waals surface area contributed by atoms with Gasteiger partial charge in [-0.2, -0.15) is 11.8 Å². The molecule has 0 atom stereocenters. The lowest BCUT2D eigenvalue weighted by Gasteiger charge is -2.11. The maximum absolute atomic E-state index is 5.31. The van der Waals surface area contributed by atoms with Gasteiger partial charge in [-0.05, 0) is 51.5 Å². The molecule has 6 heteroatoms. The van der Waals surface area contributed by atoms with Crippen LogP contribution in [0.3, 0.4) is 0 Å². The molecule has 0 spiro atoms. The third-order valence-electron chi connectivity index (χ3n) is 2.58. The summed E-state index contributed by atoms with van der Waals surface area (Å²) in [4.78, 5) is 4.56. The molecular weight excluding hydrogens is 385 g/mol. The largest absolute Gasteiger partial charge is 0.382 e. The average molecular weight is 417 g/mol. The van der Waals surface area contributed by atoms with E-state index in [1.807, 2.05) is 18.7 Å². The Kier molecular flexibility index (Phi) is 21.8. The summed E-state index contributed by atoms with van der Waals surface area (Å²) in [5, 5.41) is 6.66. The molecule has 0 heterocycles. The van der Waals surface area contributed by atoms with E-state index >= 15 is 0 Å². The van der Waals surface area contributed by atoms with Crippen LogP contribution in [0.2, 0.25) is 0 Å². The Morgan fingerprint density at radius 3 is 2.55 bits per heavy atom. The van der Waals surface area contributed by atoms with Gasteiger partial charge in [0.25, 0.3) is 0 Å². The Labute approximate surface area is 146 Å². The average Bonchev–Trinajstić information content (AvgIpc) is 2.42. The van der Waals surface area contributed by atoms with Crippen molar-refractivity contribution in [1.82, 2.24) is 10.6 Å². The first-order valence-corrected chi connectivity index (χ1v) is 8.83. The number of hydrogen-bond donors (Lipinski definition) is 2. The van der Waals surface area contributed by atoms with Crippen molar-refractivity contribution in [3.8, 4) is 0 Å². The molecule has 0 aliphatic carbocycles. The summed E-state index contributed by atoms with van der Waals surface area (Å²) in [6, 6.07) is 0. The number of ether oxygens (including phenoxy) is 1. The van der Waals surface area contributed by atoms with E-state index in [4.69, 9.17) is 4.74 Å². The van der Waals surface area contributed by atoms with E-state index in [2.05, 4.69) is 28.8 Å². The summed E-state index contributed by atoms with van der Waals surface area (Å²) in [6.45, 7) is 8.57. The molecule has 0 aliphatic heterocycles. The summed E-state index contributed by atoms with van der Waals surface area (Å²) in [7, 11) is 0. The standard InChI is InChI=1S/C14H31N3OS.HI/c1-4-15-14(17-11-7-9-13-19-3)16-10-6-8-12-18-5-2;/h4-13H2,1-3H3,(H2,15,16,17);1H. The smallest absolute Gasteiger partial charge is 0.191 e. The van der Waals surface area contributed by atoms with Gasteiger partial charge in [0.2, 0.25) is 0 Å². The highest BCUT2D eigenvalue weighted by Gasteiger charge is 1.96. The van der Waals surface area contributed by atoms with Crippen molar-refractivity contribution in [2.45, 2.75) is 39.5 Å². The van der Waals surface area contributed by atoms with E-state index in [1.165, 1.54) is 18.6 Å². The number of halogens is 1. The Hall–Kier alpha value is 0.310. The monoisotopic (exact) mass is 417 g/mol. The quantitative estimate of drug-likeness (QED) is 0.222. The Morgan fingerprint density at radius 1 is 1.10 bits per heavy atom. The number of nitrogens with one attached hydrogen (secondary N) is 2. The number of aliphatic imine (C=N–C) groups is 1. The predicted molar refractivity (Wildman–Crippen MR) is 103 cm³/mol. The first kappa shape index (κ1) is 22.6. The fourth-order valence-corrected chi connectivity index (χ4v) is 2.06. The van der Waals surface area contributed by atoms with E-state index in [-0.39, 0.29) is 24.0 Å². The van der Waals surface area contributed by atoms with Crippen LogP contribution in [0.25, 0.3) is 0 Å². The second-order valence-corrected chi connectivity index (χ2v) is 5.28. The van der Waals surface area contributed by atoms with Gasteiger partial charge in [0.1, 0.15) is 0 Å². The van der Waals surface area contributed by atoms with Crippen LogP contribution >= 0.6 is 35.7 Å². The zero-order chi connectivity index (χ0) is 14.2. The molecular formula is C14H32IN3OS. The summed E-state index contributed by atoms with van der Waals surface area (Å²) in [5.41, 5.74) is 0. The summed E-state index contributed by atoms with van der Waals surface area (Å²) < 4.78 is 5.31. The third kappa shape index (κ3) is 16.4. The molecule has 0 saturated heterocycles. The minimum atomic E-state index is 0. The van der Waals surface area contributed by atoms with Crippen LogP contribution in [0.4, 0.5) is 0 Å². The Morgan fingerprint density at radius 2 is 1.90 bits per heavy atom. The lowest BCUT2D eigenvalue weighted by Crippen LogP contribution is -2.37. The van der Waals surface area contributed by atoms with Gasteiger partial charge in [-0.25, -0.2) is 0 Å². The highest BCUT2D eigenvalue weighted by Crippen LogP contribution is 1.97. The molecule has 0 aromatic rings. The van der Waals surface area contributed by atoms with E-state index in [9.17, 15) is 0 Å². The normalized spacial score (nSPS) is 11.1. The van der Waals surface area contributed by atoms with Crippen LogP contribution in [-0.2, 0) is 4.74 Å². The maximum Gasteiger partial charge on any atom is 0.191 e. The van der Waals surface area contributed by atoms with Crippen molar-refractivity contribution in [1.29, 1.82) is 0 Å². The molecule has 0 rings (SSSR count). The third-order valence-corrected chi connectivity index (χ3v) is 3.28. The molecule has 0 saturated carbocycles. The zero-order valence-electron chi connectivity index (χ0n) is 13.2. The number of unbranched alkanes of at least 4 members (excludes halogenated alkanes) is 2. The second kappa shape index (κ2) is 19.3. The Bertz CT molecular complexity index is 219. The fraction of sp³-hybridized carbons (Fsp3) is 0.929. The van der Waals surface area contributed by atoms with Crippen molar-refractivity contribution in [3.63, 3.8) is 0 Å². The first-order chi connectivity index (χ1) is 9.35. The fourth-order valence-electron chi connectivity index (χ4n) is 1.57. The van der Waals surface area contributed by atoms with Gasteiger partial charge in [0.05, 0.1) is 0 Å². The van der Waals surface area contributed by atoms with Crippen molar-refractivity contribution in [2.24, 2.45) is 4.99 Å². The highest BCUT2D eigenvalue weighted by atomic mass is 127. The van der Waals surface area contributed by atoms with Crippen LogP contribution in [0.15, 0.2) is 4.99 Å². The molecule has 0 aliphatic rings. The van der Waals surface area contributed by atoms with Crippen molar-refractivity contribution in [2.75, 3.05) is 44.9 Å². The highest BCUT2D eigenvalue weighted by molar-refractivity contribution is 14.0. The van der Waals surface area contributed by atoms with Gasteiger partial charge in [0.15, 0.2) is 5.96 Å². The van der Waals surface area contributed by atoms with Crippen molar-refractivity contribution >= 4 is 41.7 Å². The Balaban J connectivity index is 0. The summed E-state index contributed by atoms with van der Waals surface area (Å²) in [6.07, 6.45) is 6.80. The van der Waals surface area contributed by atoms with E-state index in [0.29, 0.717) is 0 Å². The number of guanidine groups is 1. The van der Waals surface area contributed by atoms with Crippen LogP contribution in [0, 0.1) is 0 Å². The summed E-state index contributed by atoms with van der Waals surface area (Å²) in [5.74, 6) is 2.19. The van der Waals surface area contributed by atoms with E-state index in [1.54, 1.807) is 0 Å². The molecule has 0 aromatic heterocycles. The van der Waals surface area contributed by atoms with E-state index < -0.39 is 0 Å². The molecule has 0 aromatic carbocycles. The van der Waals surface area contributed by atoms with Crippen LogP contribution in [-0.4, -0.2) is 50.8 Å². The second-order valence-electron chi connectivity index (χ2n) is 4.29. The molecule has 20 heavy (non-hydrogen) atoms. The minimum Gasteiger partial charge on any atom is -0.382 e. The molecule has 2 N–H and O–H groups in total. The molecule has 0 radical (unpaired) electrons. The van der Waals surface area contributed by atoms with Gasteiger partial charge >= 0.3 is 0 Å². The zero-order valence-corrected chi connectivity index (χ0v) is 16.4. The van der Waals surface area contributed by atoms with Crippen LogP contribution < -0.4 is 10.6 Å². The number of hydrogen-bond acceptors (Lipinski definition) is 3. The lowest BCUT2D eigenvalue weighted by molar-refractivity contribution is 0.144. The van der Waals surface area contributed by atoms with Gasteiger partial charge in [0, 0.05) is 32.8 Å².